The molecule has 0 fully saturated rings. The molecule has 0 amide bonds. The fourth-order valence-electron chi connectivity index (χ4n) is 2.41. The van der Waals surface area contributed by atoms with Crippen LogP contribution >= 0.6 is 0 Å². The molecule has 0 aromatic carbocycles. The highest BCUT2D eigenvalue weighted by Gasteiger charge is 2.09. The molecule has 0 aromatic heterocycles. The Kier molecular flexibility index (Phi) is 18.2. The van der Waals surface area contributed by atoms with Crippen molar-refractivity contribution in [3.63, 3.8) is 0 Å². The molecule has 0 aliphatic carbocycles. The molecule has 0 unspecified atom stereocenters. The van der Waals surface area contributed by atoms with Crippen LogP contribution in [0.25, 0.3) is 0 Å². The summed E-state index contributed by atoms with van der Waals surface area (Å²) >= 11 is -3.41. The Morgan fingerprint density at radius 1 is 0.600 bits per heavy atom. The van der Waals surface area contributed by atoms with Crippen molar-refractivity contribution in [1.29, 1.82) is 0 Å². The minimum absolute atomic E-state index is 0.399. The van der Waals surface area contributed by atoms with Crippen molar-refractivity contribution in [2.24, 2.45) is 0 Å². The van der Waals surface area contributed by atoms with Gasteiger partial charge in [0.1, 0.15) is 6.61 Å². The van der Waals surface area contributed by atoms with Crippen LogP contribution in [-0.2, 0) is 3.07 Å². The van der Waals surface area contributed by atoms with Gasteiger partial charge in [-0.15, -0.1) is 0 Å². The van der Waals surface area contributed by atoms with Gasteiger partial charge in [-0.2, -0.15) is 0 Å². The van der Waals surface area contributed by atoms with Crippen LogP contribution < -0.4 is 27.9 Å². The van der Waals surface area contributed by atoms with Crippen LogP contribution in [0.5, 0.6) is 0 Å². The Morgan fingerprint density at radius 2 is 0.950 bits per heavy atom. The first-order valence-electron chi connectivity index (χ1n) is 8.46. The number of hydrogen-bond acceptors (Lipinski definition) is 3. The minimum Gasteiger partial charge on any atom is -0.396 e. The monoisotopic (exact) mass is 400 g/mol. The van der Waals surface area contributed by atoms with E-state index in [-0.39, 0.29) is 0 Å². The molecule has 0 N–H and O–H groups in total. The number of rotatable bonds is 16. The van der Waals surface area contributed by atoms with Crippen molar-refractivity contribution in [2.75, 3.05) is 6.61 Å². The maximum absolute atomic E-state index is 10.2. The molecule has 0 aliphatic heterocycles. The van der Waals surface area contributed by atoms with E-state index in [1.165, 1.54) is 77.0 Å². The van der Waals surface area contributed by atoms with E-state index in [2.05, 4.69) is 9.99 Å². The Balaban J connectivity index is 2.92. The van der Waals surface area contributed by atoms with Crippen LogP contribution in [0.3, 0.4) is 0 Å². The molecule has 0 aromatic rings. The zero-order valence-corrected chi connectivity index (χ0v) is 15.4. The van der Waals surface area contributed by atoms with Crippen LogP contribution in [0.1, 0.15) is 96.8 Å². The number of halogens is 1. The lowest BCUT2D eigenvalue weighted by Gasteiger charge is -2.02. The smallest absolute Gasteiger partial charge is 0.396 e. The van der Waals surface area contributed by atoms with Crippen LogP contribution in [-0.4, -0.2) is 6.61 Å². The van der Waals surface area contributed by atoms with E-state index in [0.717, 1.165) is 12.8 Å². The lowest BCUT2D eigenvalue weighted by Crippen LogP contribution is -3.99. The lowest BCUT2D eigenvalue weighted by atomic mass is 10.0. The van der Waals surface area contributed by atoms with Gasteiger partial charge in [0, 0.05) is 0 Å². The van der Waals surface area contributed by atoms with Gasteiger partial charge in [0.15, 0.2) is 0 Å². The van der Waals surface area contributed by atoms with Crippen molar-refractivity contribution in [1.82, 2.24) is 0 Å². The third kappa shape index (κ3) is 18.6. The van der Waals surface area contributed by atoms with Gasteiger partial charge in [-0.1, -0.05) is 90.4 Å². The summed E-state index contributed by atoms with van der Waals surface area (Å²) in [5.74, 6) is 0. The van der Waals surface area contributed by atoms with Gasteiger partial charge in [-0.25, -0.2) is 0 Å². The maximum atomic E-state index is 10.2. The Bertz CT molecular complexity index is 177. The zero-order valence-electron chi connectivity index (χ0n) is 13.2. The number of hydrogen-bond donors (Lipinski definition) is 0. The third-order valence-corrected chi connectivity index (χ3v) is 4.61. The van der Waals surface area contributed by atoms with Crippen molar-refractivity contribution < 1.29 is 31.0 Å². The summed E-state index contributed by atoms with van der Waals surface area (Å²) in [5, 5.41) is 0. The van der Waals surface area contributed by atoms with Crippen LogP contribution in [0.4, 0.5) is 0 Å². The Morgan fingerprint density at radius 3 is 1.30 bits per heavy atom. The van der Waals surface area contributed by atoms with E-state index in [1.54, 1.807) is 0 Å². The zero-order chi connectivity index (χ0) is 14.9. The molecule has 0 atom stereocenters. The summed E-state index contributed by atoms with van der Waals surface area (Å²) in [6.45, 7) is 2.66. The lowest BCUT2D eigenvalue weighted by molar-refractivity contribution is -1.63. The topological polar surface area (TPSA) is 55.3 Å². The molecule has 0 heterocycles. The SMILES string of the molecule is CCCCCCCCCCCCCCCCO[I+2]([O-])[O-]. The summed E-state index contributed by atoms with van der Waals surface area (Å²) < 4.78 is 25.1. The first kappa shape index (κ1) is 20.6. The predicted molar refractivity (Wildman–Crippen MR) is 76.3 cm³/mol. The van der Waals surface area contributed by atoms with Crippen molar-refractivity contribution >= 4 is 0 Å². The second-order valence-electron chi connectivity index (χ2n) is 5.60. The molecule has 0 bridgehead atoms. The third-order valence-electron chi connectivity index (χ3n) is 3.66. The molecule has 0 radical (unpaired) electrons. The molecule has 0 saturated carbocycles. The quantitative estimate of drug-likeness (QED) is 0.281. The highest BCUT2D eigenvalue weighted by molar-refractivity contribution is 4.49. The summed E-state index contributed by atoms with van der Waals surface area (Å²) in [6, 6.07) is 0. The molecular weight excluding hydrogens is 367 g/mol. The maximum Gasteiger partial charge on any atom is 0.506 e. The van der Waals surface area contributed by atoms with E-state index in [4.69, 9.17) is 0 Å². The van der Waals surface area contributed by atoms with Gasteiger partial charge in [0.05, 0.1) is 0 Å². The average molecular weight is 400 g/mol. The summed E-state index contributed by atoms with van der Waals surface area (Å²) in [4.78, 5) is 0. The molecule has 20 heavy (non-hydrogen) atoms. The summed E-state index contributed by atoms with van der Waals surface area (Å²) in [7, 11) is 0. The normalized spacial score (nSPS) is 11.4. The van der Waals surface area contributed by atoms with E-state index in [1.807, 2.05) is 0 Å². The van der Waals surface area contributed by atoms with Crippen LogP contribution in [0.2, 0.25) is 0 Å². The predicted octanol–water partition coefficient (Wildman–Crippen LogP) is 0.575. The highest BCUT2D eigenvalue weighted by Crippen LogP contribution is 2.12. The summed E-state index contributed by atoms with van der Waals surface area (Å²) in [5.41, 5.74) is 0. The molecule has 0 aliphatic rings. The first-order chi connectivity index (χ1) is 9.77. The molecule has 4 heteroatoms. The van der Waals surface area contributed by atoms with Crippen molar-refractivity contribution in [3.8, 4) is 0 Å². The molecule has 122 valence electrons. The first-order valence-corrected chi connectivity index (χ1v) is 11.1. The van der Waals surface area contributed by atoms with Gasteiger partial charge in [-0.3, -0.25) is 0 Å². The fourth-order valence-corrected chi connectivity index (χ4v) is 3.09. The fraction of sp³-hybridized carbons (Fsp3) is 1.00. The Labute approximate surface area is 134 Å². The molecule has 3 nitrogen and oxygen atoms in total. The standard InChI is InChI=1S/C16H33IO3/c1-2-3-4-5-6-7-8-9-10-11-12-13-14-15-16-20-17(18)19/h2-16H2,1H3. The molecule has 0 spiro atoms. The van der Waals surface area contributed by atoms with Gasteiger partial charge in [-0.05, 0) is 9.49 Å². The van der Waals surface area contributed by atoms with Gasteiger partial charge >= 0.3 is 21.1 Å². The van der Waals surface area contributed by atoms with Gasteiger partial charge < -0.3 is 6.87 Å². The molecular formula is C16H33IO3. The summed E-state index contributed by atoms with van der Waals surface area (Å²) in [6.07, 6.45) is 18.4. The number of unbranched alkanes of at least 4 members (excludes halogenated alkanes) is 13. The van der Waals surface area contributed by atoms with E-state index in [9.17, 15) is 6.87 Å². The van der Waals surface area contributed by atoms with E-state index < -0.39 is 21.1 Å². The van der Waals surface area contributed by atoms with Crippen LogP contribution in [0.15, 0.2) is 0 Å². The minimum atomic E-state index is -3.41. The van der Waals surface area contributed by atoms with Crippen LogP contribution in [0, 0.1) is 0 Å². The Hall–Kier alpha value is 0.610. The average Bonchev–Trinajstić information content (AvgIpc) is 2.43. The highest BCUT2D eigenvalue weighted by atomic mass is 127. The van der Waals surface area contributed by atoms with Crippen molar-refractivity contribution in [2.45, 2.75) is 96.8 Å². The molecule has 0 saturated heterocycles. The second-order valence-corrected chi connectivity index (χ2v) is 7.30. The van der Waals surface area contributed by atoms with Gasteiger partial charge in [0.2, 0.25) is 0 Å². The van der Waals surface area contributed by atoms with E-state index >= 15 is 0 Å². The van der Waals surface area contributed by atoms with Crippen molar-refractivity contribution in [3.05, 3.63) is 0 Å². The van der Waals surface area contributed by atoms with Gasteiger partial charge in [0.25, 0.3) is 0 Å². The second kappa shape index (κ2) is 17.7. The molecule has 0 rings (SSSR count). The van der Waals surface area contributed by atoms with E-state index in [0.29, 0.717) is 6.61 Å². The largest absolute Gasteiger partial charge is 0.506 e.